The van der Waals surface area contributed by atoms with Crippen molar-refractivity contribution in [3.63, 3.8) is 0 Å². The number of hydrogen-bond donors (Lipinski definition) is 3. The summed E-state index contributed by atoms with van der Waals surface area (Å²) in [6.07, 6.45) is 1.50. The Kier molecular flexibility index (Phi) is 8.15. The van der Waals surface area contributed by atoms with Gasteiger partial charge in [0, 0.05) is 45.9 Å². The van der Waals surface area contributed by atoms with Crippen molar-refractivity contribution < 1.29 is 22.7 Å². The number of aromatic nitrogens is 1. The molecule has 0 aliphatic carbocycles. The first kappa shape index (κ1) is 27.6. The number of nitrogens with zero attached hydrogens (tertiary/aromatic N) is 1. The zero-order chi connectivity index (χ0) is 28.0. The van der Waals surface area contributed by atoms with Crippen molar-refractivity contribution in [2.45, 2.75) is 32.1 Å². The first-order chi connectivity index (χ1) is 18.5. The summed E-state index contributed by atoms with van der Waals surface area (Å²) in [4.78, 5) is 28.9. The Morgan fingerprint density at radius 3 is 2.21 bits per heavy atom. The maximum atomic E-state index is 13.3. The maximum Gasteiger partial charge on any atom is 0.411 e. The van der Waals surface area contributed by atoms with Crippen molar-refractivity contribution in [3.8, 4) is 0 Å². The normalized spacial score (nSPS) is 11.6. The number of sulfonamides is 1. The topological polar surface area (TPSA) is 126 Å². The second kappa shape index (κ2) is 11.5. The molecule has 0 spiro atoms. The highest BCUT2D eigenvalue weighted by Crippen LogP contribution is 2.30. The Hall–Kier alpha value is -4.44. The molecule has 2 amide bonds. The molecular formula is C29H30N4O5S. The van der Waals surface area contributed by atoms with Gasteiger partial charge in [0.25, 0.3) is 10.0 Å². The molecule has 0 radical (unpaired) electrons. The molecule has 0 atom stereocenters. The number of rotatable bonds is 8. The maximum absolute atomic E-state index is 13.3. The van der Waals surface area contributed by atoms with Gasteiger partial charge < -0.3 is 10.1 Å². The fourth-order valence-corrected chi connectivity index (χ4v) is 5.00. The molecule has 0 fully saturated rings. The average molecular weight is 547 g/mol. The number of anilines is 3. The Bertz CT molecular complexity index is 1580. The van der Waals surface area contributed by atoms with Gasteiger partial charge in [0.1, 0.15) is 0 Å². The molecule has 202 valence electrons. The molecule has 4 rings (SSSR count). The molecule has 0 unspecified atom stereocenters. The highest BCUT2D eigenvalue weighted by Gasteiger charge is 2.22. The minimum absolute atomic E-state index is 0.0530. The summed E-state index contributed by atoms with van der Waals surface area (Å²) in [5.41, 5.74) is 1.57. The van der Waals surface area contributed by atoms with E-state index in [4.69, 9.17) is 4.74 Å². The van der Waals surface area contributed by atoms with Crippen molar-refractivity contribution >= 4 is 49.9 Å². The van der Waals surface area contributed by atoms with E-state index in [9.17, 15) is 18.0 Å². The number of hydrogen-bond acceptors (Lipinski definition) is 6. The number of ether oxygens (including phenoxy) is 1. The minimum atomic E-state index is -3.98. The van der Waals surface area contributed by atoms with Gasteiger partial charge in [-0.2, -0.15) is 0 Å². The Morgan fingerprint density at radius 1 is 0.821 bits per heavy atom. The molecule has 1 heterocycles. The smallest absolute Gasteiger partial charge is 0.411 e. The van der Waals surface area contributed by atoms with Gasteiger partial charge in [-0.05, 0) is 48.5 Å². The van der Waals surface area contributed by atoms with Gasteiger partial charge in [-0.15, -0.1) is 0 Å². The van der Waals surface area contributed by atoms with Crippen LogP contribution in [-0.4, -0.2) is 32.0 Å². The lowest BCUT2D eigenvalue weighted by molar-refractivity contribution is -0.123. The average Bonchev–Trinajstić information content (AvgIpc) is 2.89. The number of benzene rings is 3. The van der Waals surface area contributed by atoms with Crippen LogP contribution in [0.4, 0.5) is 21.9 Å². The van der Waals surface area contributed by atoms with E-state index in [-0.39, 0.29) is 17.4 Å². The van der Waals surface area contributed by atoms with Crippen molar-refractivity contribution in [1.82, 2.24) is 4.98 Å². The highest BCUT2D eigenvalue weighted by atomic mass is 32.2. The lowest BCUT2D eigenvalue weighted by Gasteiger charge is -2.18. The summed E-state index contributed by atoms with van der Waals surface area (Å²) < 4.78 is 34.5. The third kappa shape index (κ3) is 7.11. The second-order valence-electron chi connectivity index (χ2n) is 9.88. The van der Waals surface area contributed by atoms with E-state index in [0.717, 1.165) is 5.69 Å². The molecule has 3 aromatic carbocycles. The van der Waals surface area contributed by atoms with Crippen molar-refractivity contribution in [2.75, 3.05) is 22.0 Å². The largest absolute Gasteiger partial charge is 0.449 e. The lowest BCUT2D eigenvalue weighted by atomic mass is 9.95. The Morgan fingerprint density at radius 2 is 1.51 bits per heavy atom. The predicted octanol–water partition coefficient (Wildman–Crippen LogP) is 5.81. The van der Waals surface area contributed by atoms with Crippen LogP contribution in [0.5, 0.6) is 0 Å². The van der Waals surface area contributed by atoms with E-state index in [1.165, 1.54) is 6.07 Å². The molecular weight excluding hydrogens is 516 g/mol. The summed E-state index contributed by atoms with van der Waals surface area (Å²) in [5.74, 6) is -0.145. The summed E-state index contributed by atoms with van der Waals surface area (Å²) in [7, 11) is -3.98. The van der Waals surface area contributed by atoms with Gasteiger partial charge in [-0.25, -0.2) is 13.2 Å². The van der Waals surface area contributed by atoms with Gasteiger partial charge in [0.15, 0.2) is 0 Å². The van der Waals surface area contributed by atoms with Crippen LogP contribution in [0.2, 0.25) is 0 Å². The SMILES string of the molecule is CC(C)(C)C(=O)Nc1ccc(NS(=O)(=O)c2cccc3c(NC(=O)OCCc4ccccn4)cccc23)cc1. The first-order valence-electron chi connectivity index (χ1n) is 12.3. The third-order valence-electron chi connectivity index (χ3n) is 5.80. The lowest BCUT2D eigenvalue weighted by Crippen LogP contribution is -2.27. The van der Waals surface area contributed by atoms with Crippen molar-refractivity contribution in [2.24, 2.45) is 5.41 Å². The van der Waals surface area contributed by atoms with Crippen molar-refractivity contribution in [1.29, 1.82) is 0 Å². The van der Waals surface area contributed by atoms with E-state index in [1.54, 1.807) is 60.8 Å². The summed E-state index contributed by atoms with van der Waals surface area (Å²) in [6, 6.07) is 21.8. The number of nitrogens with one attached hydrogen (secondary N) is 3. The predicted molar refractivity (Wildman–Crippen MR) is 152 cm³/mol. The molecule has 9 nitrogen and oxygen atoms in total. The van der Waals surface area contributed by atoms with Crippen LogP contribution in [0.1, 0.15) is 26.5 Å². The fourth-order valence-electron chi connectivity index (χ4n) is 3.72. The molecule has 0 saturated heterocycles. The number of amides is 2. The molecule has 39 heavy (non-hydrogen) atoms. The molecule has 0 bridgehead atoms. The van der Waals surface area contributed by atoms with E-state index in [2.05, 4.69) is 20.3 Å². The molecule has 0 aliphatic rings. The number of pyridine rings is 1. The van der Waals surface area contributed by atoms with Crippen LogP contribution in [0.25, 0.3) is 10.8 Å². The molecule has 0 aliphatic heterocycles. The fraction of sp³-hybridized carbons (Fsp3) is 0.207. The van der Waals surface area contributed by atoms with Gasteiger partial charge in [0.2, 0.25) is 5.91 Å². The van der Waals surface area contributed by atoms with Crippen LogP contribution in [0, 0.1) is 5.41 Å². The third-order valence-corrected chi connectivity index (χ3v) is 7.24. The van der Waals surface area contributed by atoms with Gasteiger partial charge >= 0.3 is 6.09 Å². The number of carbonyl (C=O) groups excluding carboxylic acids is 2. The summed E-state index contributed by atoms with van der Waals surface area (Å²) in [5, 5.41) is 6.49. The first-order valence-corrected chi connectivity index (χ1v) is 13.8. The van der Waals surface area contributed by atoms with Gasteiger partial charge in [-0.1, -0.05) is 51.1 Å². The number of carbonyl (C=O) groups is 2. The Labute approximate surface area is 227 Å². The zero-order valence-electron chi connectivity index (χ0n) is 21.9. The van der Waals surface area contributed by atoms with Crippen molar-refractivity contribution in [3.05, 3.63) is 90.8 Å². The van der Waals surface area contributed by atoms with Crippen LogP contribution in [0.3, 0.4) is 0 Å². The van der Waals surface area contributed by atoms with Crippen LogP contribution in [0.15, 0.2) is 90.0 Å². The van der Waals surface area contributed by atoms with Gasteiger partial charge in [-0.3, -0.25) is 19.8 Å². The zero-order valence-corrected chi connectivity index (χ0v) is 22.7. The molecule has 3 N–H and O–H groups in total. The van der Waals surface area contributed by atoms with Crippen LogP contribution >= 0.6 is 0 Å². The highest BCUT2D eigenvalue weighted by molar-refractivity contribution is 7.93. The van der Waals surface area contributed by atoms with Crippen LogP contribution in [-0.2, 0) is 26.0 Å². The van der Waals surface area contributed by atoms with E-state index >= 15 is 0 Å². The van der Waals surface area contributed by atoms with Crippen LogP contribution < -0.4 is 15.4 Å². The minimum Gasteiger partial charge on any atom is -0.449 e. The Balaban J connectivity index is 1.47. The molecule has 10 heteroatoms. The van der Waals surface area contributed by atoms with Gasteiger partial charge in [0.05, 0.1) is 17.2 Å². The molecule has 4 aromatic rings. The summed E-state index contributed by atoms with van der Waals surface area (Å²) in [6.45, 7) is 5.57. The number of fused-ring (bicyclic) bond motifs is 1. The molecule has 1 aromatic heterocycles. The standard InChI is InChI=1S/C29H30N4O5S/c1-29(2,3)27(34)31-21-13-15-22(16-14-21)33-39(36,37)26-12-7-9-23-24(26)10-6-11-25(23)32-28(35)38-19-17-20-8-4-5-18-30-20/h4-16,18,33H,17,19H2,1-3H3,(H,31,34)(H,32,35). The van der Waals surface area contributed by atoms with E-state index in [1.807, 2.05) is 39.0 Å². The molecule has 0 saturated carbocycles. The monoisotopic (exact) mass is 546 g/mol. The summed E-state index contributed by atoms with van der Waals surface area (Å²) >= 11 is 0. The van der Waals surface area contributed by atoms with E-state index in [0.29, 0.717) is 34.3 Å². The van der Waals surface area contributed by atoms with E-state index < -0.39 is 21.5 Å². The quantitative estimate of drug-likeness (QED) is 0.256. The second-order valence-corrected chi connectivity index (χ2v) is 11.5.